The van der Waals surface area contributed by atoms with Crippen molar-refractivity contribution in [1.29, 1.82) is 5.41 Å². The molecule has 0 radical (unpaired) electrons. The van der Waals surface area contributed by atoms with E-state index in [4.69, 9.17) is 21.6 Å². The number of para-hydroxylation sites is 2. The van der Waals surface area contributed by atoms with Crippen molar-refractivity contribution in [3.05, 3.63) is 95.6 Å². The van der Waals surface area contributed by atoms with E-state index in [0.717, 1.165) is 47.3 Å². The standard InChI is InChI=1S/C28H33N5O/c1-33-19-15-16-24(33)26(32-23-14-8-6-12-21(23)28(30)31)25(17-19)34-27(18-9-3-2-4-10-18)20-11-5-7-13-22(20)29/h2-14,19,24-27,32H,15-17,29H2,1H3,(H3,30,31). The minimum absolute atomic E-state index is 0.0291. The first-order chi connectivity index (χ1) is 16.5. The zero-order valence-corrected chi connectivity index (χ0v) is 19.5. The molecular weight excluding hydrogens is 422 g/mol. The van der Waals surface area contributed by atoms with Crippen molar-refractivity contribution in [2.75, 3.05) is 18.1 Å². The summed E-state index contributed by atoms with van der Waals surface area (Å²) in [7, 11) is 2.22. The zero-order chi connectivity index (χ0) is 23.7. The minimum Gasteiger partial charge on any atom is -0.398 e. The van der Waals surface area contributed by atoms with E-state index >= 15 is 0 Å². The molecule has 3 aromatic rings. The van der Waals surface area contributed by atoms with E-state index in [1.54, 1.807) is 0 Å². The quantitative estimate of drug-likeness (QED) is 0.241. The van der Waals surface area contributed by atoms with Gasteiger partial charge in [-0.25, -0.2) is 0 Å². The molecule has 176 valence electrons. The van der Waals surface area contributed by atoms with Crippen LogP contribution in [0, 0.1) is 5.41 Å². The fourth-order valence-electron chi connectivity index (χ4n) is 5.66. The van der Waals surface area contributed by atoms with E-state index in [0.29, 0.717) is 12.1 Å². The van der Waals surface area contributed by atoms with Crippen molar-refractivity contribution in [1.82, 2.24) is 4.90 Å². The summed E-state index contributed by atoms with van der Waals surface area (Å²) >= 11 is 0. The molecule has 3 aromatic carbocycles. The van der Waals surface area contributed by atoms with Gasteiger partial charge in [-0.05, 0) is 50.1 Å². The van der Waals surface area contributed by atoms with Crippen molar-refractivity contribution < 1.29 is 4.74 Å². The number of nitrogens with two attached hydrogens (primary N) is 2. The maximum Gasteiger partial charge on any atom is 0.124 e. The molecule has 5 rings (SSSR count). The van der Waals surface area contributed by atoms with E-state index in [-0.39, 0.29) is 24.1 Å². The molecule has 2 fully saturated rings. The summed E-state index contributed by atoms with van der Waals surface area (Å²) in [5.41, 5.74) is 16.7. The van der Waals surface area contributed by atoms with E-state index in [1.165, 1.54) is 0 Å². The maximum absolute atomic E-state index is 8.03. The summed E-state index contributed by atoms with van der Waals surface area (Å²) in [6, 6.07) is 27.0. The van der Waals surface area contributed by atoms with Crippen LogP contribution >= 0.6 is 0 Å². The molecule has 5 atom stereocenters. The number of piperidine rings is 1. The number of ether oxygens (including phenoxy) is 1. The van der Waals surface area contributed by atoms with Crippen LogP contribution in [0.4, 0.5) is 11.4 Å². The van der Waals surface area contributed by atoms with Crippen LogP contribution in [0.25, 0.3) is 0 Å². The van der Waals surface area contributed by atoms with Gasteiger partial charge in [0.2, 0.25) is 0 Å². The molecule has 0 spiro atoms. The van der Waals surface area contributed by atoms with E-state index in [1.807, 2.05) is 60.7 Å². The van der Waals surface area contributed by atoms with Crippen LogP contribution in [0.3, 0.4) is 0 Å². The number of anilines is 2. The van der Waals surface area contributed by atoms with Gasteiger partial charge in [0.1, 0.15) is 11.9 Å². The fourth-order valence-corrected chi connectivity index (χ4v) is 5.66. The normalized spacial score (nSPS) is 25.1. The van der Waals surface area contributed by atoms with Crippen molar-refractivity contribution in [3.63, 3.8) is 0 Å². The lowest BCUT2D eigenvalue weighted by atomic mass is 9.92. The summed E-state index contributed by atoms with van der Waals surface area (Å²) in [5.74, 6) is 0.0632. The summed E-state index contributed by atoms with van der Waals surface area (Å²) in [6.45, 7) is 0. The lowest BCUT2D eigenvalue weighted by Crippen LogP contribution is -2.57. The highest BCUT2D eigenvalue weighted by atomic mass is 16.5. The van der Waals surface area contributed by atoms with Crippen LogP contribution in [0.5, 0.6) is 0 Å². The third-order valence-electron chi connectivity index (χ3n) is 7.45. The van der Waals surface area contributed by atoms with Gasteiger partial charge in [0, 0.05) is 34.6 Å². The van der Waals surface area contributed by atoms with Crippen LogP contribution in [-0.2, 0) is 4.74 Å². The molecular formula is C28H33N5O. The van der Waals surface area contributed by atoms with Crippen LogP contribution in [0.1, 0.15) is 42.1 Å². The summed E-state index contributed by atoms with van der Waals surface area (Å²) in [4.78, 5) is 2.49. The topological polar surface area (TPSA) is 100 Å². The Bertz CT molecular complexity index is 1150. The minimum atomic E-state index is -0.262. The van der Waals surface area contributed by atoms with Gasteiger partial charge in [0.25, 0.3) is 0 Å². The van der Waals surface area contributed by atoms with Crippen LogP contribution in [0.15, 0.2) is 78.9 Å². The monoisotopic (exact) mass is 455 g/mol. The number of benzene rings is 3. The van der Waals surface area contributed by atoms with E-state index in [2.05, 4.69) is 35.5 Å². The molecule has 2 saturated heterocycles. The second-order valence-electron chi connectivity index (χ2n) is 9.42. The third kappa shape index (κ3) is 4.27. The van der Waals surface area contributed by atoms with Crippen LogP contribution < -0.4 is 16.8 Å². The molecule has 2 bridgehead atoms. The Hall–Kier alpha value is -3.35. The van der Waals surface area contributed by atoms with Gasteiger partial charge in [0.05, 0.1) is 12.1 Å². The first-order valence-electron chi connectivity index (χ1n) is 12.0. The Labute approximate surface area is 201 Å². The lowest BCUT2D eigenvalue weighted by Gasteiger charge is -2.44. The SMILES string of the molecule is CN1C2CCC1C(Nc1ccccc1C(=N)N)C(OC(c1ccccc1)c1ccccc1N)C2. The summed E-state index contributed by atoms with van der Waals surface area (Å²) < 4.78 is 7.00. The Morgan fingerprint density at radius 2 is 1.71 bits per heavy atom. The number of hydrogen-bond donors (Lipinski definition) is 4. The Morgan fingerprint density at radius 1 is 1.00 bits per heavy atom. The highest BCUT2D eigenvalue weighted by Crippen LogP contribution is 2.41. The Morgan fingerprint density at radius 3 is 2.47 bits per heavy atom. The molecule has 6 N–H and O–H groups in total. The van der Waals surface area contributed by atoms with Crippen molar-refractivity contribution in [2.45, 2.75) is 49.6 Å². The number of nitrogen functional groups attached to an aromatic ring is 2. The van der Waals surface area contributed by atoms with Gasteiger partial charge in [-0.2, -0.15) is 0 Å². The molecule has 0 saturated carbocycles. The number of likely N-dealkylation sites (N-methyl/N-ethyl adjacent to an activating group) is 1. The van der Waals surface area contributed by atoms with E-state index in [9.17, 15) is 0 Å². The maximum atomic E-state index is 8.03. The highest BCUT2D eigenvalue weighted by molar-refractivity contribution is 6.00. The molecule has 0 aliphatic carbocycles. The Balaban J connectivity index is 1.51. The predicted octanol–water partition coefficient (Wildman–Crippen LogP) is 4.37. The van der Waals surface area contributed by atoms with Gasteiger partial charge in [-0.1, -0.05) is 60.7 Å². The smallest absolute Gasteiger partial charge is 0.124 e. The number of hydrogen-bond acceptors (Lipinski definition) is 5. The van der Waals surface area contributed by atoms with Crippen molar-refractivity contribution in [2.24, 2.45) is 5.73 Å². The molecule has 2 aliphatic rings. The molecule has 0 amide bonds. The van der Waals surface area contributed by atoms with Gasteiger partial charge in [-0.15, -0.1) is 0 Å². The molecule has 2 aliphatic heterocycles. The summed E-state index contributed by atoms with van der Waals surface area (Å²) in [5, 5.41) is 11.8. The van der Waals surface area contributed by atoms with Gasteiger partial charge in [-0.3, -0.25) is 10.3 Å². The van der Waals surface area contributed by atoms with Crippen LogP contribution in [0.2, 0.25) is 0 Å². The number of rotatable bonds is 7. The Kier molecular flexibility index (Phi) is 6.26. The van der Waals surface area contributed by atoms with Crippen LogP contribution in [-0.4, -0.2) is 42.0 Å². The van der Waals surface area contributed by atoms with Crippen molar-refractivity contribution in [3.8, 4) is 0 Å². The molecule has 2 heterocycles. The molecule has 6 nitrogen and oxygen atoms in total. The molecule has 0 aromatic heterocycles. The second-order valence-corrected chi connectivity index (χ2v) is 9.42. The molecule has 34 heavy (non-hydrogen) atoms. The highest BCUT2D eigenvalue weighted by Gasteiger charge is 2.47. The number of amidine groups is 1. The number of nitrogens with one attached hydrogen (secondary N) is 2. The zero-order valence-electron chi connectivity index (χ0n) is 19.5. The van der Waals surface area contributed by atoms with Gasteiger partial charge in [0.15, 0.2) is 0 Å². The van der Waals surface area contributed by atoms with Gasteiger partial charge >= 0.3 is 0 Å². The second kappa shape index (κ2) is 9.49. The summed E-state index contributed by atoms with van der Waals surface area (Å²) in [6.07, 6.45) is 2.92. The average molecular weight is 456 g/mol. The third-order valence-corrected chi connectivity index (χ3v) is 7.45. The molecule has 5 unspecified atom stereocenters. The predicted molar refractivity (Wildman–Crippen MR) is 138 cm³/mol. The number of nitrogens with zero attached hydrogens (tertiary/aromatic N) is 1. The first-order valence-corrected chi connectivity index (χ1v) is 12.0. The fraction of sp³-hybridized carbons (Fsp3) is 0.321. The van der Waals surface area contributed by atoms with Gasteiger partial charge < -0.3 is 21.5 Å². The average Bonchev–Trinajstić information content (AvgIpc) is 3.10. The largest absolute Gasteiger partial charge is 0.398 e. The lowest BCUT2D eigenvalue weighted by molar-refractivity contribution is -0.0504. The molecule has 6 heteroatoms. The van der Waals surface area contributed by atoms with Crippen molar-refractivity contribution >= 4 is 17.2 Å². The van der Waals surface area contributed by atoms with E-state index < -0.39 is 0 Å². The first kappa shape index (κ1) is 22.4. The number of fused-ring (bicyclic) bond motifs is 2.